The topological polar surface area (TPSA) is 43.1 Å². The quantitative estimate of drug-likeness (QED) is 0.693. The highest BCUT2D eigenvalue weighted by Crippen LogP contribution is 2.31. The molecule has 2 heterocycles. The number of aryl methyl sites for hydroxylation is 1. The molecule has 0 amide bonds. The van der Waals surface area contributed by atoms with Crippen molar-refractivity contribution in [2.75, 3.05) is 0 Å². The molecule has 0 unspecified atom stereocenters. The average molecular weight is 295 g/mol. The summed E-state index contributed by atoms with van der Waals surface area (Å²) in [5, 5.41) is 13.4. The maximum atomic E-state index is 4.48. The van der Waals surface area contributed by atoms with Crippen LogP contribution in [0.4, 0.5) is 0 Å². The zero-order chi connectivity index (χ0) is 11.1. The van der Waals surface area contributed by atoms with Gasteiger partial charge in [-0.3, -0.25) is 0 Å². The van der Waals surface area contributed by atoms with E-state index in [2.05, 4.69) is 31.2 Å². The van der Waals surface area contributed by atoms with Crippen molar-refractivity contribution < 1.29 is 0 Å². The molecule has 0 fully saturated rings. The van der Waals surface area contributed by atoms with Gasteiger partial charge in [0, 0.05) is 10.0 Å². The first-order valence-corrected chi connectivity index (χ1v) is 6.30. The first-order chi connectivity index (χ1) is 7.75. The lowest BCUT2D eigenvalue weighted by Crippen LogP contribution is -1.88. The van der Waals surface area contributed by atoms with Gasteiger partial charge in [0.1, 0.15) is 5.01 Å². The Kier molecular flexibility index (Phi) is 2.26. The molecule has 0 aliphatic carbocycles. The number of nitrogens with zero attached hydrogens (tertiary/aromatic N) is 4. The molecule has 0 saturated heterocycles. The molecule has 0 saturated carbocycles. The van der Waals surface area contributed by atoms with Crippen LogP contribution in [0.25, 0.3) is 15.5 Å². The number of aromatic nitrogens is 4. The Labute approximate surface area is 104 Å². The molecule has 80 valence electrons. The molecule has 0 bridgehead atoms. The second-order valence-electron chi connectivity index (χ2n) is 3.33. The predicted octanol–water partition coefficient (Wildman–Crippen LogP) is 2.92. The van der Waals surface area contributed by atoms with Crippen LogP contribution >= 0.6 is 27.3 Å². The molecule has 0 aliphatic rings. The molecule has 0 radical (unpaired) electrons. The summed E-state index contributed by atoms with van der Waals surface area (Å²) in [4.78, 5) is 0.822. The zero-order valence-electron chi connectivity index (χ0n) is 8.38. The van der Waals surface area contributed by atoms with E-state index in [1.165, 1.54) is 11.3 Å². The van der Waals surface area contributed by atoms with Crippen molar-refractivity contribution in [1.82, 2.24) is 19.8 Å². The van der Waals surface area contributed by atoms with Crippen LogP contribution < -0.4 is 0 Å². The maximum absolute atomic E-state index is 4.48. The predicted molar refractivity (Wildman–Crippen MR) is 66.5 cm³/mol. The third-order valence-corrected chi connectivity index (χ3v) is 3.87. The fourth-order valence-corrected chi connectivity index (χ4v) is 2.99. The van der Waals surface area contributed by atoms with E-state index in [0.717, 1.165) is 25.8 Å². The van der Waals surface area contributed by atoms with Gasteiger partial charge in [-0.2, -0.15) is 9.61 Å². The molecule has 1 aromatic carbocycles. The van der Waals surface area contributed by atoms with Crippen molar-refractivity contribution in [3.8, 4) is 10.6 Å². The van der Waals surface area contributed by atoms with Gasteiger partial charge in [-0.15, -0.1) is 10.2 Å². The van der Waals surface area contributed by atoms with Gasteiger partial charge in [0.2, 0.25) is 4.96 Å². The SMILES string of the molecule is Cc1nnc2sc(-c3ccccc3Br)nn12. The van der Waals surface area contributed by atoms with Crippen molar-refractivity contribution in [3.05, 3.63) is 34.6 Å². The number of hydrogen-bond acceptors (Lipinski definition) is 4. The highest BCUT2D eigenvalue weighted by molar-refractivity contribution is 9.10. The second-order valence-corrected chi connectivity index (χ2v) is 5.14. The summed E-state index contributed by atoms with van der Waals surface area (Å²) in [6, 6.07) is 8.02. The van der Waals surface area contributed by atoms with Gasteiger partial charge >= 0.3 is 0 Å². The zero-order valence-corrected chi connectivity index (χ0v) is 10.8. The Balaban J connectivity index is 2.23. The number of benzene rings is 1. The van der Waals surface area contributed by atoms with Gasteiger partial charge < -0.3 is 0 Å². The van der Waals surface area contributed by atoms with Crippen molar-refractivity contribution in [2.24, 2.45) is 0 Å². The fraction of sp³-hybridized carbons (Fsp3) is 0.100. The molecule has 0 N–H and O–H groups in total. The fourth-order valence-electron chi connectivity index (χ4n) is 1.46. The van der Waals surface area contributed by atoms with E-state index in [-0.39, 0.29) is 0 Å². The van der Waals surface area contributed by atoms with Gasteiger partial charge in [0.25, 0.3) is 0 Å². The molecule has 6 heteroatoms. The van der Waals surface area contributed by atoms with Gasteiger partial charge in [-0.1, -0.05) is 45.5 Å². The van der Waals surface area contributed by atoms with Crippen molar-refractivity contribution in [3.63, 3.8) is 0 Å². The summed E-state index contributed by atoms with van der Waals surface area (Å²) >= 11 is 5.05. The van der Waals surface area contributed by atoms with E-state index in [1.807, 2.05) is 31.2 Å². The number of rotatable bonds is 1. The largest absolute Gasteiger partial charge is 0.234 e. The maximum Gasteiger partial charge on any atom is 0.234 e. The molecule has 4 nitrogen and oxygen atoms in total. The first-order valence-electron chi connectivity index (χ1n) is 4.69. The van der Waals surface area contributed by atoms with Crippen LogP contribution in [0.2, 0.25) is 0 Å². The number of halogens is 1. The molecule has 3 rings (SSSR count). The molecule has 0 aliphatic heterocycles. The minimum absolute atomic E-state index is 0.810. The van der Waals surface area contributed by atoms with Crippen molar-refractivity contribution in [2.45, 2.75) is 6.92 Å². The van der Waals surface area contributed by atoms with Gasteiger partial charge in [-0.05, 0) is 13.0 Å². The summed E-state index contributed by atoms with van der Waals surface area (Å²) in [7, 11) is 0. The van der Waals surface area contributed by atoms with Crippen LogP contribution in [-0.4, -0.2) is 19.8 Å². The smallest absolute Gasteiger partial charge is 0.187 e. The van der Waals surface area contributed by atoms with Gasteiger partial charge in [-0.25, -0.2) is 0 Å². The third-order valence-electron chi connectivity index (χ3n) is 2.25. The minimum atomic E-state index is 0.810. The minimum Gasteiger partial charge on any atom is -0.187 e. The molecular weight excluding hydrogens is 288 g/mol. The van der Waals surface area contributed by atoms with Crippen LogP contribution in [0.5, 0.6) is 0 Å². The van der Waals surface area contributed by atoms with E-state index >= 15 is 0 Å². The van der Waals surface area contributed by atoms with Gasteiger partial charge in [0.05, 0.1) is 0 Å². The Hall–Kier alpha value is -1.27. The van der Waals surface area contributed by atoms with Gasteiger partial charge in [0.15, 0.2) is 5.82 Å². The van der Waals surface area contributed by atoms with E-state index in [0.29, 0.717) is 0 Å². The third kappa shape index (κ3) is 1.45. The molecule has 0 atom stereocenters. The molecular formula is C10H7BrN4S. The van der Waals surface area contributed by atoms with Crippen LogP contribution in [-0.2, 0) is 0 Å². The average Bonchev–Trinajstić information content (AvgIpc) is 2.82. The second kappa shape index (κ2) is 3.64. The lowest BCUT2D eigenvalue weighted by atomic mass is 10.2. The highest BCUT2D eigenvalue weighted by atomic mass is 79.9. The monoisotopic (exact) mass is 294 g/mol. The van der Waals surface area contributed by atoms with Crippen molar-refractivity contribution >= 4 is 32.2 Å². The van der Waals surface area contributed by atoms with E-state index in [9.17, 15) is 0 Å². The summed E-state index contributed by atoms with van der Waals surface area (Å²) in [5.41, 5.74) is 1.08. The Morgan fingerprint density at radius 1 is 1.25 bits per heavy atom. The summed E-state index contributed by atoms with van der Waals surface area (Å²) in [6.45, 7) is 1.89. The molecule has 2 aromatic heterocycles. The first kappa shape index (κ1) is 9.92. The van der Waals surface area contributed by atoms with E-state index in [4.69, 9.17) is 0 Å². The lowest BCUT2D eigenvalue weighted by Gasteiger charge is -1.97. The molecule has 16 heavy (non-hydrogen) atoms. The molecule has 3 aromatic rings. The van der Waals surface area contributed by atoms with Crippen molar-refractivity contribution in [1.29, 1.82) is 0 Å². The normalized spacial score (nSPS) is 11.1. The summed E-state index contributed by atoms with van der Waals surface area (Å²) in [6.07, 6.45) is 0. The summed E-state index contributed by atoms with van der Waals surface area (Å²) in [5.74, 6) is 0.810. The summed E-state index contributed by atoms with van der Waals surface area (Å²) < 4.78 is 2.80. The van der Waals surface area contributed by atoms with Crippen LogP contribution in [0.1, 0.15) is 5.82 Å². The van der Waals surface area contributed by atoms with E-state index < -0.39 is 0 Å². The van der Waals surface area contributed by atoms with E-state index in [1.54, 1.807) is 4.52 Å². The highest BCUT2D eigenvalue weighted by Gasteiger charge is 2.11. The molecule has 0 spiro atoms. The number of hydrogen-bond donors (Lipinski definition) is 0. The van der Waals surface area contributed by atoms with Crippen LogP contribution in [0, 0.1) is 6.92 Å². The Bertz CT molecular complexity index is 658. The standard InChI is InChI=1S/C10H7BrN4S/c1-6-12-13-10-15(6)14-9(16-10)7-4-2-3-5-8(7)11/h2-5H,1H3. The lowest BCUT2D eigenvalue weighted by molar-refractivity contribution is 0.897. The Morgan fingerprint density at radius 3 is 2.81 bits per heavy atom. The Morgan fingerprint density at radius 2 is 2.06 bits per heavy atom. The van der Waals surface area contributed by atoms with Crippen LogP contribution in [0.15, 0.2) is 28.7 Å². The number of fused-ring (bicyclic) bond motifs is 1. The van der Waals surface area contributed by atoms with Crippen LogP contribution in [0.3, 0.4) is 0 Å².